The topological polar surface area (TPSA) is 103 Å². The molecule has 0 unspecified atom stereocenters. The minimum atomic E-state index is -0.706. The second-order valence-corrected chi connectivity index (χ2v) is 11.7. The van der Waals surface area contributed by atoms with Crippen LogP contribution in [0.1, 0.15) is 77.8 Å². The number of anilines is 1. The molecule has 0 spiro atoms. The van der Waals surface area contributed by atoms with Crippen LogP contribution >= 0.6 is 0 Å². The first-order valence-electron chi connectivity index (χ1n) is 16.7. The van der Waals surface area contributed by atoms with Gasteiger partial charge in [0.05, 0.1) is 31.4 Å². The van der Waals surface area contributed by atoms with Crippen molar-refractivity contribution in [2.75, 3.05) is 25.1 Å². The van der Waals surface area contributed by atoms with Crippen LogP contribution in [0.15, 0.2) is 103 Å². The molecule has 4 rings (SSSR count). The number of rotatable bonds is 20. The van der Waals surface area contributed by atoms with E-state index in [2.05, 4.69) is 17.6 Å². The van der Waals surface area contributed by atoms with E-state index in [9.17, 15) is 14.4 Å². The number of carbonyl (C=O) groups excluding carboxylic acids is 3. The van der Waals surface area contributed by atoms with Gasteiger partial charge in [-0.3, -0.25) is 9.59 Å². The molecular weight excluding hydrogens is 604 g/mol. The van der Waals surface area contributed by atoms with Gasteiger partial charge < -0.3 is 24.8 Å². The third-order valence-corrected chi connectivity index (χ3v) is 7.81. The van der Waals surface area contributed by atoms with E-state index in [1.54, 1.807) is 60.7 Å². The minimum Gasteiger partial charge on any atom is -0.494 e. The molecule has 4 aromatic carbocycles. The van der Waals surface area contributed by atoms with Crippen LogP contribution < -0.4 is 20.1 Å². The van der Waals surface area contributed by atoms with Crippen molar-refractivity contribution in [3.05, 3.63) is 125 Å². The summed E-state index contributed by atoms with van der Waals surface area (Å²) in [6.45, 7) is 6.04. The monoisotopic (exact) mass is 650 g/mol. The predicted octanol–water partition coefficient (Wildman–Crippen LogP) is 7.81. The lowest BCUT2D eigenvalue weighted by molar-refractivity contribution is -0.118. The van der Waals surface area contributed by atoms with Crippen LogP contribution in [0.2, 0.25) is 0 Å². The summed E-state index contributed by atoms with van der Waals surface area (Å²) in [5.41, 5.74) is 3.69. The van der Waals surface area contributed by atoms with Gasteiger partial charge in [-0.05, 0) is 91.6 Å². The predicted molar refractivity (Wildman–Crippen MR) is 189 cm³/mol. The first-order valence-corrected chi connectivity index (χ1v) is 16.7. The summed E-state index contributed by atoms with van der Waals surface area (Å²) >= 11 is 0. The first kappa shape index (κ1) is 35.9. The maximum Gasteiger partial charge on any atom is 0.343 e. The number of unbranched alkanes of at least 4 members (excludes halogenated alkanes) is 4. The van der Waals surface area contributed by atoms with Gasteiger partial charge >= 0.3 is 5.97 Å². The number of benzene rings is 4. The van der Waals surface area contributed by atoms with E-state index in [0.29, 0.717) is 49.7 Å². The maximum absolute atomic E-state index is 13.0. The fraction of sp³-hybridized carbons (Fsp3) is 0.325. The van der Waals surface area contributed by atoms with E-state index in [4.69, 9.17) is 14.2 Å². The zero-order valence-electron chi connectivity index (χ0n) is 27.9. The Balaban J connectivity index is 1.19. The molecule has 0 bridgehead atoms. The number of Topliss-reactive ketones (excluding diaryl/α,β-unsaturated/α-hetero) is 1. The van der Waals surface area contributed by atoms with E-state index in [1.807, 2.05) is 42.5 Å². The summed E-state index contributed by atoms with van der Waals surface area (Å²) in [7, 11) is 0. The smallest absolute Gasteiger partial charge is 0.343 e. The number of carbonyl (C=O) groups is 3. The Morgan fingerprint density at radius 1 is 0.688 bits per heavy atom. The average molecular weight is 651 g/mol. The van der Waals surface area contributed by atoms with Crippen LogP contribution in [0, 0.1) is 0 Å². The van der Waals surface area contributed by atoms with E-state index in [-0.39, 0.29) is 11.7 Å². The van der Waals surface area contributed by atoms with Crippen LogP contribution in [-0.4, -0.2) is 43.5 Å². The molecule has 8 heteroatoms. The molecule has 0 heterocycles. The largest absolute Gasteiger partial charge is 0.494 e. The molecule has 48 heavy (non-hydrogen) atoms. The molecule has 2 N–H and O–H groups in total. The highest BCUT2D eigenvalue weighted by atomic mass is 16.5. The lowest BCUT2D eigenvalue weighted by atomic mass is 10.0. The van der Waals surface area contributed by atoms with Crippen molar-refractivity contribution >= 4 is 23.3 Å². The van der Waals surface area contributed by atoms with Gasteiger partial charge in [0.25, 0.3) is 5.91 Å². The molecule has 0 saturated carbocycles. The molecule has 0 aliphatic heterocycles. The van der Waals surface area contributed by atoms with E-state index < -0.39 is 12.0 Å². The summed E-state index contributed by atoms with van der Waals surface area (Å²) in [5, 5.41) is 6.13. The molecule has 8 nitrogen and oxygen atoms in total. The number of hydrogen-bond donors (Lipinski definition) is 2. The molecule has 0 aliphatic rings. The zero-order chi connectivity index (χ0) is 34.0. The first-order chi connectivity index (χ1) is 23.4. The lowest BCUT2D eigenvalue weighted by Gasteiger charge is -2.17. The number of hydrogen-bond acceptors (Lipinski definition) is 7. The van der Waals surface area contributed by atoms with Gasteiger partial charge in [-0.1, -0.05) is 75.1 Å². The molecule has 0 aromatic heterocycles. The highest BCUT2D eigenvalue weighted by Crippen LogP contribution is 2.18. The molecule has 1 atom stereocenters. The highest BCUT2D eigenvalue weighted by molar-refractivity contribution is 5.97. The van der Waals surface area contributed by atoms with Gasteiger partial charge in [0, 0.05) is 17.8 Å². The lowest BCUT2D eigenvalue weighted by Crippen LogP contribution is -2.41. The molecule has 0 saturated heterocycles. The number of ether oxygens (including phenoxy) is 3. The van der Waals surface area contributed by atoms with Crippen LogP contribution in [0.25, 0.3) is 0 Å². The van der Waals surface area contributed by atoms with Crippen molar-refractivity contribution in [1.29, 1.82) is 0 Å². The van der Waals surface area contributed by atoms with Crippen molar-refractivity contribution in [1.82, 2.24) is 5.32 Å². The zero-order valence-corrected chi connectivity index (χ0v) is 27.9. The average Bonchev–Trinajstić information content (AvgIpc) is 3.11. The van der Waals surface area contributed by atoms with Crippen molar-refractivity contribution in [3.8, 4) is 11.5 Å². The van der Waals surface area contributed by atoms with Gasteiger partial charge in [0.15, 0.2) is 5.78 Å². The van der Waals surface area contributed by atoms with Gasteiger partial charge in [0.1, 0.15) is 11.5 Å². The SMILES string of the molecule is CCCCCCCOc1ccc(C(=O)Oc2ccc(C[C@H](NC(=O)c3ccc(NCCOCc4ccccc4)cc3)C(C)=O)cc2)cc1. The Kier molecular flexibility index (Phi) is 14.7. The second kappa shape index (κ2) is 19.7. The van der Waals surface area contributed by atoms with Gasteiger partial charge in [-0.2, -0.15) is 0 Å². The summed E-state index contributed by atoms with van der Waals surface area (Å²) in [6, 6.07) is 30.3. The third-order valence-electron chi connectivity index (χ3n) is 7.81. The third kappa shape index (κ3) is 12.3. The molecular formula is C40H46N2O6. The van der Waals surface area contributed by atoms with Gasteiger partial charge in [-0.15, -0.1) is 0 Å². The van der Waals surface area contributed by atoms with E-state index in [0.717, 1.165) is 35.4 Å². The standard InChI is InChI=1S/C40H46N2O6/c1-3-4-5-6-10-26-47-36-23-17-34(18-24-36)40(45)48-37-21-13-31(14-22-37)28-38(30(2)43)42-39(44)33-15-19-35(20-16-33)41-25-27-46-29-32-11-8-7-9-12-32/h7-9,11-24,38,41H,3-6,10,25-29H2,1-2H3,(H,42,44)/t38-/m0/s1. The Morgan fingerprint density at radius 2 is 1.35 bits per heavy atom. The number of nitrogens with one attached hydrogen (secondary N) is 2. The van der Waals surface area contributed by atoms with Crippen LogP contribution in [0.5, 0.6) is 11.5 Å². The molecule has 0 aliphatic carbocycles. The Hall–Kier alpha value is -4.95. The second-order valence-electron chi connectivity index (χ2n) is 11.7. The fourth-order valence-electron chi connectivity index (χ4n) is 4.99. The minimum absolute atomic E-state index is 0.156. The normalized spacial score (nSPS) is 11.4. The molecule has 0 radical (unpaired) electrons. The number of ketones is 1. The Bertz CT molecular complexity index is 1550. The molecule has 4 aromatic rings. The maximum atomic E-state index is 13.0. The van der Waals surface area contributed by atoms with Crippen molar-refractivity contribution < 1.29 is 28.6 Å². The van der Waals surface area contributed by atoms with Gasteiger partial charge in [0.2, 0.25) is 0 Å². The molecule has 252 valence electrons. The molecule has 0 fully saturated rings. The summed E-state index contributed by atoms with van der Waals surface area (Å²) in [6.07, 6.45) is 6.16. The Morgan fingerprint density at radius 3 is 2.04 bits per heavy atom. The van der Waals surface area contributed by atoms with Gasteiger partial charge in [-0.25, -0.2) is 4.79 Å². The number of esters is 1. The van der Waals surface area contributed by atoms with Crippen molar-refractivity contribution in [3.63, 3.8) is 0 Å². The summed E-state index contributed by atoms with van der Waals surface area (Å²) in [4.78, 5) is 38.1. The van der Waals surface area contributed by atoms with Crippen LogP contribution in [0.3, 0.4) is 0 Å². The summed E-state index contributed by atoms with van der Waals surface area (Å²) in [5.74, 6) is 0.151. The van der Waals surface area contributed by atoms with Crippen molar-refractivity contribution in [2.45, 2.75) is 65.0 Å². The fourth-order valence-corrected chi connectivity index (χ4v) is 4.99. The van der Waals surface area contributed by atoms with Crippen LogP contribution in [0.4, 0.5) is 5.69 Å². The quantitative estimate of drug-likeness (QED) is 0.0571. The van der Waals surface area contributed by atoms with E-state index in [1.165, 1.54) is 26.2 Å². The summed E-state index contributed by atoms with van der Waals surface area (Å²) < 4.78 is 17.0. The Labute approximate surface area is 283 Å². The molecule has 1 amide bonds. The van der Waals surface area contributed by atoms with Crippen molar-refractivity contribution in [2.24, 2.45) is 0 Å². The van der Waals surface area contributed by atoms with Crippen LogP contribution in [-0.2, 0) is 22.6 Å². The highest BCUT2D eigenvalue weighted by Gasteiger charge is 2.19. The van der Waals surface area contributed by atoms with E-state index >= 15 is 0 Å². The number of amides is 1.